The van der Waals surface area contributed by atoms with Crippen LogP contribution in [0, 0.1) is 0 Å². The zero-order valence-corrected chi connectivity index (χ0v) is 18.1. The largest absolute Gasteiger partial charge is 0.493 e. The van der Waals surface area contributed by atoms with Crippen molar-refractivity contribution in [3.05, 3.63) is 83.9 Å². The van der Waals surface area contributed by atoms with Crippen molar-refractivity contribution in [3.8, 4) is 16.9 Å². The molecular weight excluding hydrogens is 388 g/mol. The van der Waals surface area contributed by atoms with E-state index in [0.717, 1.165) is 18.6 Å². The van der Waals surface area contributed by atoms with E-state index >= 15 is 0 Å². The van der Waals surface area contributed by atoms with Gasteiger partial charge in [-0.05, 0) is 59.9 Å². The fourth-order valence-corrected chi connectivity index (χ4v) is 3.06. The van der Waals surface area contributed by atoms with Crippen molar-refractivity contribution in [2.24, 2.45) is 5.73 Å². The predicted molar refractivity (Wildman–Crippen MR) is 125 cm³/mol. The van der Waals surface area contributed by atoms with Gasteiger partial charge < -0.3 is 20.9 Å². The molecule has 0 fully saturated rings. The second-order valence-electron chi connectivity index (χ2n) is 7.90. The highest BCUT2D eigenvalue weighted by molar-refractivity contribution is 5.97. The summed E-state index contributed by atoms with van der Waals surface area (Å²) in [7, 11) is 0. The van der Waals surface area contributed by atoms with Crippen molar-refractivity contribution in [2.75, 3.05) is 18.5 Å². The average molecular weight is 419 g/mol. The van der Waals surface area contributed by atoms with E-state index < -0.39 is 18.1 Å². The molecule has 0 aliphatic heterocycles. The van der Waals surface area contributed by atoms with Gasteiger partial charge in [-0.2, -0.15) is 0 Å². The lowest BCUT2D eigenvalue weighted by Gasteiger charge is -2.20. The molecule has 3 aromatic carbocycles. The average Bonchev–Trinajstić information content (AvgIpc) is 2.80. The summed E-state index contributed by atoms with van der Waals surface area (Å²) >= 11 is 0. The van der Waals surface area contributed by atoms with Gasteiger partial charge in [-0.1, -0.05) is 55.5 Å². The monoisotopic (exact) mass is 418 g/mol. The topological polar surface area (TPSA) is 84.6 Å². The predicted octanol–water partition coefficient (Wildman–Crippen LogP) is 4.19. The fourth-order valence-electron chi connectivity index (χ4n) is 3.06. The highest BCUT2D eigenvalue weighted by Gasteiger charge is 2.27. The molecule has 1 amide bonds. The van der Waals surface area contributed by atoms with Gasteiger partial charge in [0.1, 0.15) is 11.3 Å². The van der Waals surface area contributed by atoms with Gasteiger partial charge in [0.25, 0.3) is 0 Å². The number of aliphatic hydroxyl groups is 1. The number of nitrogens with one attached hydrogen (secondary N) is 1. The molecule has 0 spiro atoms. The molecule has 0 heterocycles. The molecule has 0 aliphatic rings. The molecule has 5 heteroatoms. The summed E-state index contributed by atoms with van der Waals surface area (Å²) in [6.07, 6.45) is 1.85. The van der Waals surface area contributed by atoms with Crippen LogP contribution in [-0.4, -0.2) is 29.8 Å². The van der Waals surface area contributed by atoms with Crippen LogP contribution in [0.25, 0.3) is 11.1 Å². The van der Waals surface area contributed by atoms with Crippen molar-refractivity contribution in [2.45, 2.75) is 32.2 Å². The van der Waals surface area contributed by atoms with Crippen molar-refractivity contribution < 1.29 is 14.6 Å². The Hall–Kier alpha value is -3.15. The third-order valence-electron chi connectivity index (χ3n) is 5.27. The summed E-state index contributed by atoms with van der Waals surface area (Å²) in [6.45, 7) is 3.77. The van der Waals surface area contributed by atoms with Gasteiger partial charge in [0, 0.05) is 12.1 Å². The van der Waals surface area contributed by atoms with Gasteiger partial charge >= 0.3 is 0 Å². The van der Waals surface area contributed by atoms with Crippen molar-refractivity contribution in [3.63, 3.8) is 0 Å². The first-order chi connectivity index (χ1) is 14.9. The minimum atomic E-state index is -1.32. The van der Waals surface area contributed by atoms with Gasteiger partial charge in [0.15, 0.2) is 0 Å². The van der Waals surface area contributed by atoms with Gasteiger partial charge in [-0.15, -0.1) is 0 Å². The molecule has 1 atom stereocenters. The van der Waals surface area contributed by atoms with E-state index in [-0.39, 0.29) is 0 Å². The van der Waals surface area contributed by atoms with E-state index in [1.54, 1.807) is 24.3 Å². The molecule has 0 aromatic heterocycles. The van der Waals surface area contributed by atoms with Crippen LogP contribution < -0.4 is 15.8 Å². The minimum absolute atomic E-state index is 0.424. The molecule has 0 saturated heterocycles. The summed E-state index contributed by atoms with van der Waals surface area (Å²) < 4.78 is 5.82. The second-order valence-corrected chi connectivity index (χ2v) is 7.90. The SMILES string of the molecule is CCc1ccc(-c2ccc(CCOc3ccc(NC(=O)[C@@](C)(N)CO)cc3)cc2)cc1. The summed E-state index contributed by atoms with van der Waals surface area (Å²) in [5, 5.41) is 11.9. The number of rotatable bonds is 9. The first-order valence-electron chi connectivity index (χ1n) is 10.5. The molecule has 0 unspecified atom stereocenters. The maximum absolute atomic E-state index is 12.0. The molecule has 3 aromatic rings. The Morgan fingerprint density at radius 2 is 1.48 bits per heavy atom. The Balaban J connectivity index is 1.49. The molecule has 3 rings (SSSR count). The maximum Gasteiger partial charge on any atom is 0.246 e. The molecule has 31 heavy (non-hydrogen) atoms. The van der Waals surface area contributed by atoms with Gasteiger partial charge in [0.2, 0.25) is 5.91 Å². The number of amides is 1. The Labute approximate surface area is 183 Å². The number of benzene rings is 3. The minimum Gasteiger partial charge on any atom is -0.493 e. The first kappa shape index (κ1) is 22.5. The number of nitrogens with two attached hydrogens (primary N) is 1. The summed E-state index contributed by atoms with van der Waals surface area (Å²) in [6, 6.07) is 24.3. The van der Waals surface area contributed by atoms with Crippen LogP contribution in [0.1, 0.15) is 25.0 Å². The number of hydrogen-bond acceptors (Lipinski definition) is 4. The van der Waals surface area contributed by atoms with Crippen molar-refractivity contribution >= 4 is 11.6 Å². The smallest absolute Gasteiger partial charge is 0.246 e. The molecule has 0 bridgehead atoms. The van der Waals surface area contributed by atoms with Crippen LogP contribution in [0.2, 0.25) is 0 Å². The van der Waals surface area contributed by atoms with Crippen LogP contribution in [0.4, 0.5) is 5.69 Å². The van der Waals surface area contributed by atoms with E-state index in [1.807, 2.05) is 0 Å². The first-order valence-corrected chi connectivity index (χ1v) is 10.5. The number of carbonyl (C=O) groups excluding carboxylic acids is 1. The summed E-state index contributed by atoms with van der Waals surface area (Å²) in [5.74, 6) is 0.289. The van der Waals surface area contributed by atoms with Crippen molar-refractivity contribution in [1.29, 1.82) is 0 Å². The van der Waals surface area contributed by atoms with E-state index in [2.05, 4.69) is 60.8 Å². The highest BCUT2D eigenvalue weighted by atomic mass is 16.5. The molecule has 4 N–H and O–H groups in total. The van der Waals surface area contributed by atoms with E-state index in [9.17, 15) is 4.79 Å². The molecule has 0 aliphatic carbocycles. The molecule has 0 saturated carbocycles. The second kappa shape index (κ2) is 10.2. The maximum atomic E-state index is 12.0. The number of aryl methyl sites for hydroxylation is 1. The quantitative estimate of drug-likeness (QED) is 0.487. The fraction of sp³-hybridized carbons (Fsp3) is 0.269. The number of aliphatic hydroxyl groups excluding tert-OH is 1. The van der Waals surface area contributed by atoms with E-state index in [4.69, 9.17) is 15.6 Å². The zero-order valence-electron chi connectivity index (χ0n) is 18.1. The number of hydrogen-bond donors (Lipinski definition) is 3. The van der Waals surface area contributed by atoms with Crippen LogP contribution in [0.15, 0.2) is 72.8 Å². The standard InChI is InChI=1S/C26H30N2O3/c1-3-19-4-8-21(9-5-19)22-10-6-20(7-11-22)16-17-31-24-14-12-23(13-15-24)28-25(30)26(2,27)18-29/h4-15,29H,3,16-18,27H2,1-2H3,(H,28,30)/t26-/m0/s1. The van der Waals surface area contributed by atoms with Crippen molar-refractivity contribution in [1.82, 2.24) is 0 Å². The van der Waals surface area contributed by atoms with Crippen LogP contribution in [0.3, 0.4) is 0 Å². The number of anilines is 1. The summed E-state index contributed by atoms with van der Waals surface area (Å²) in [5.41, 5.74) is 10.00. The summed E-state index contributed by atoms with van der Waals surface area (Å²) in [4.78, 5) is 12.0. The lowest BCUT2D eigenvalue weighted by molar-refractivity contribution is -0.121. The Morgan fingerprint density at radius 3 is 2.00 bits per heavy atom. The molecule has 5 nitrogen and oxygen atoms in total. The number of carbonyl (C=O) groups is 1. The Bertz CT molecular complexity index is 979. The molecule has 162 valence electrons. The normalized spacial score (nSPS) is 12.8. The van der Waals surface area contributed by atoms with Crippen LogP contribution >= 0.6 is 0 Å². The Kier molecular flexibility index (Phi) is 7.45. The third-order valence-corrected chi connectivity index (χ3v) is 5.27. The van der Waals surface area contributed by atoms with E-state index in [0.29, 0.717) is 12.3 Å². The van der Waals surface area contributed by atoms with Gasteiger partial charge in [0.05, 0.1) is 13.2 Å². The highest BCUT2D eigenvalue weighted by Crippen LogP contribution is 2.21. The Morgan fingerprint density at radius 1 is 0.935 bits per heavy atom. The lowest BCUT2D eigenvalue weighted by Crippen LogP contribution is -2.51. The van der Waals surface area contributed by atoms with E-state index in [1.165, 1.54) is 29.2 Å². The van der Waals surface area contributed by atoms with Gasteiger partial charge in [-0.3, -0.25) is 4.79 Å². The third kappa shape index (κ3) is 6.17. The number of ether oxygens (including phenoxy) is 1. The van der Waals surface area contributed by atoms with Crippen LogP contribution in [0.5, 0.6) is 5.75 Å². The van der Waals surface area contributed by atoms with Crippen LogP contribution in [-0.2, 0) is 17.6 Å². The molecular formula is C26H30N2O3. The zero-order chi connectivity index (χ0) is 22.3. The lowest BCUT2D eigenvalue weighted by atomic mass is 10.0. The van der Waals surface area contributed by atoms with Gasteiger partial charge in [-0.25, -0.2) is 0 Å². The molecule has 0 radical (unpaired) electrons.